The first kappa shape index (κ1) is 19.7. The van der Waals surface area contributed by atoms with Gasteiger partial charge in [-0.3, -0.25) is 9.59 Å². The Morgan fingerprint density at radius 3 is 2.18 bits per heavy atom. The lowest BCUT2D eigenvalue weighted by molar-refractivity contribution is -0.135. The molecule has 0 unspecified atom stereocenters. The van der Waals surface area contributed by atoms with Crippen LogP contribution in [0.5, 0.6) is 11.5 Å². The van der Waals surface area contributed by atoms with Crippen LogP contribution in [0.15, 0.2) is 60.7 Å². The van der Waals surface area contributed by atoms with Crippen molar-refractivity contribution in [3.63, 3.8) is 0 Å². The lowest BCUT2D eigenvalue weighted by Gasteiger charge is -2.32. The van der Waals surface area contributed by atoms with Gasteiger partial charge in [0.25, 0.3) is 11.8 Å². The number of nitrogens with zero attached hydrogens (tertiary/aromatic N) is 1. The first-order valence-electron chi connectivity index (χ1n) is 9.61. The van der Waals surface area contributed by atoms with Gasteiger partial charge in [-0.1, -0.05) is 36.4 Å². The zero-order valence-electron chi connectivity index (χ0n) is 15.9. The largest absolute Gasteiger partial charge is 0.484 e. The maximum atomic E-state index is 12.4. The number of para-hydroxylation sites is 2. The fourth-order valence-electron chi connectivity index (χ4n) is 3.19. The van der Waals surface area contributed by atoms with Crippen molar-refractivity contribution in [3.8, 4) is 11.5 Å². The molecule has 1 heterocycles. The summed E-state index contributed by atoms with van der Waals surface area (Å²) in [7, 11) is 0. The van der Waals surface area contributed by atoms with E-state index in [0.29, 0.717) is 24.6 Å². The monoisotopic (exact) mass is 382 g/mol. The number of nitrogens with one attached hydrogen (secondary N) is 1. The maximum Gasteiger partial charge on any atom is 0.260 e. The number of amides is 2. The summed E-state index contributed by atoms with van der Waals surface area (Å²) in [5, 5.41) is 2.91. The summed E-state index contributed by atoms with van der Waals surface area (Å²) in [6, 6.07) is 18.6. The van der Waals surface area contributed by atoms with E-state index in [-0.39, 0.29) is 30.9 Å². The molecule has 28 heavy (non-hydrogen) atoms. The number of benzene rings is 2. The Morgan fingerprint density at radius 2 is 1.54 bits per heavy atom. The molecule has 2 amide bonds. The van der Waals surface area contributed by atoms with Gasteiger partial charge >= 0.3 is 0 Å². The summed E-state index contributed by atoms with van der Waals surface area (Å²) in [6.07, 6.45) is 1.92. The summed E-state index contributed by atoms with van der Waals surface area (Å²) >= 11 is 0. The molecule has 0 spiro atoms. The van der Waals surface area contributed by atoms with E-state index in [1.54, 1.807) is 0 Å². The smallest absolute Gasteiger partial charge is 0.260 e. The summed E-state index contributed by atoms with van der Waals surface area (Å²) < 4.78 is 11.0. The highest BCUT2D eigenvalue weighted by Crippen LogP contribution is 2.16. The highest BCUT2D eigenvalue weighted by atomic mass is 16.5. The van der Waals surface area contributed by atoms with Gasteiger partial charge in [-0.15, -0.1) is 0 Å². The number of likely N-dealkylation sites (tertiary alicyclic amines) is 1. The maximum absolute atomic E-state index is 12.4. The van der Waals surface area contributed by atoms with Gasteiger partial charge in [0.15, 0.2) is 13.2 Å². The Balaban J connectivity index is 1.37. The number of hydrogen-bond acceptors (Lipinski definition) is 4. The van der Waals surface area contributed by atoms with E-state index >= 15 is 0 Å². The van der Waals surface area contributed by atoms with E-state index in [1.807, 2.05) is 65.6 Å². The Morgan fingerprint density at radius 1 is 0.929 bits per heavy atom. The number of rotatable bonds is 8. The standard InChI is InChI=1S/C22H26N2O4/c25-21(16-27-19-9-3-1-4-10-19)23-14-18-8-7-13-24(15-18)22(26)17-28-20-11-5-2-6-12-20/h1-6,9-12,18H,7-8,13-17H2,(H,23,25)/t18-/m0/s1. The summed E-state index contributed by atoms with van der Waals surface area (Å²) in [6.45, 7) is 1.94. The van der Waals surface area contributed by atoms with Crippen LogP contribution in [0.1, 0.15) is 12.8 Å². The highest BCUT2D eigenvalue weighted by Gasteiger charge is 2.24. The second kappa shape index (κ2) is 10.3. The van der Waals surface area contributed by atoms with Crippen LogP contribution in [-0.4, -0.2) is 49.6 Å². The van der Waals surface area contributed by atoms with Crippen molar-refractivity contribution >= 4 is 11.8 Å². The topological polar surface area (TPSA) is 67.9 Å². The number of carbonyl (C=O) groups excluding carboxylic acids is 2. The van der Waals surface area contributed by atoms with Crippen molar-refractivity contribution in [1.82, 2.24) is 10.2 Å². The summed E-state index contributed by atoms with van der Waals surface area (Å²) in [4.78, 5) is 26.2. The van der Waals surface area contributed by atoms with Crippen LogP contribution in [0.2, 0.25) is 0 Å². The molecule has 6 nitrogen and oxygen atoms in total. The fraction of sp³-hybridized carbons (Fsp3) is 0.364. The van der Waals surface area contributed by atoms with Crippen LogP contribution >= 0.6 is 0 Å². The van der Waals surface area contributed by atoms with E-state index in [4.69, 9.17) is 9.47 Å². The SMILES string of the molecule is O=C(COc1ccccc1)NC[C@@H]1CCCN(C(=O)COc2ccccc2)C1. The molecule has 1 aliphatic rings. The van der Waals surface area contributed by atoms with Crippen molar-refractivity contribution in [3.05, 3.63) is 60.7 Å². The zero-order chi connectivity index (χ0) is 19.6. The fourth-order valence-corrected chi connectivity index (χ4v) is 3.19. The van der Waals surface area contributed by atoms with Crippen molar-refractivity contribution in [2.24, 2.45) is 5.92 Å². The third kappa shape index (κ3) is 6.30. The molecule has 0 bridgehead atoms. The lowest BCUT2D eigenvalue weighted by Crippen LogP contribution is -2.45. The molecule has 6 heteroatoms. The first-order chi connectivity index (χ1) is 13.7. The number of piperidine rings is 1. The Labute approximate surface area is 165 Å². The Kier molecular flexibility index (Phi) is 7.29. The molecule has 0 aliphatic carbocycles. The van der Waals surface area contributed by atoms with Gasteiger partial charge < -0.3 is 19.7 Å². The van der Waals surface area contributed by atoms with Crippen molar-refractivity contribution in [1.29, 1.82) is 0 Å². The molecular weight excluding hydrogens is 356 g/mol. The molecule has 2 aromatic rings. The van der Waals surface area contributed by atoms with Gasteiger partial charge in [-0.25, -0.2) is 0 Å². The molecule has 1 saturated heterocycles. The van der Waals surface area contributed by atoms with Gasteiger partial charge in [0.1, 0.15) is 11.5 Å². The number of ether oxygens (including phenoxy) is 2. The molecule has 0 saturated carbocycles. The van der Waals surface area contributed by atoms with Gasteiger partial charge in [0.05, 0.1) is 0 Å². The average Bonchev–Trinajstić information content (AvgIpc) is 2.76. The zero-order valence-corrected chi connectivity index (χ0v) is 15.9. The quantitative estimate of drug-likeness (QED) is 0.762. The minimum absolute atomic E-state index is 0.00963. The minimum Gasteiger partial charge on any atom is -0.484 e. The van der Waals surface area contributed by atoms with E-state index in [1.165, 1.54) is 0 Å². The molecule has 1 fully saturated rings. The van der Waals surface area contributed by atoms with E-state index in [0.717, 1.165) is 19.4 Å². The molecule has 2 aromatic carbocycles. The second-order valence-corrected chi connectivity index (χ2v) is 6.86. The first-order valence-corrected chi connectivity index (χ1v) is 9.61. The summed E-state index contributed by atoms with van der Waals surface area (Å²) in [5.74, 6) is 1.43. The highest BCUT2D eigenvalue weighted by molar-refractivity contribution is 5.78. The minimum atomic E-state index is -0.153. The third-order valence-electron chi connectivity index (χ3n) is 4.68. The van der Waals surface area contributed by atoms with Crippen LogP contribution in [0.3, 0.4) is 0 Å². The molecule has 1 N–H and O–H groups in total. The predicted octanol–water partition coefficient (Wildman–Crippen LogP) is 2.50. The van der Waals surface area contributed by atoms with Gasteiger partial charge in [-0.05, 0) is 43.0 Å². The van der Waals surface area contributed by atoms with Gasteiger partial charge in [0, 0.05) is 19.6 Å². The van der Waals surface area contributed by atoms with E-state index < -0.39 is 0 Å². The second-order valence-electron chi connectivity index (χ2n) is 6.86. The normalized spacial score (nSPS) is 16.3. The van der Waals surface area contributed by atoms with Crippen molar-refractivity contribution in [2.75, 3.05) is 32.8 Å². The van der Waals surface area contributed by atoms with Gasteiger partial charge in [-0.2, -0.15) is 0 Å². The molecule has 148 valence electrons. The average molecular weight is 382 g/mol. The number of hydrogen-bond donors (Lipinski definition) is 1. The Hall–Kier alpha value is -3.02. The Bertz CT molecular complexity index is 752. The van der Waals surface area contributed by atoms with Crippen molar-refractivity contribution in [2.45, 2.75) is 12.8 Å². The summed E-state index contributed by atoms with van der Waals surface area (Å²) in [5.41, 5.74) is 0. The van der Waals surface area contributed by atoms with Crippen LogP contribution < -0.4 is 14.8 Å². The molecular formula is C22H26N2O4. The lowest BCUT2D eigenvalue weighted by atomic mass is 9.98. The van der Waals surface area contributed by atoms with Crippen LogP contribution in [0.25, 0.3) is 0 Å². The predicted molar refractivity (Wildman–Crippen MR) is 106 cm³/mol. The van der Waals surface area contributed by atoms with Crippen LogP contribution in [0, 0.1) is 5.92 Å². The third-order valence-corrected chi connectivity index (χ3v) is 4.68. The van der Waals surface area contributed by atoms with Crippen molar-refractivity contribution < 1.29 is 19.1 Å². The molecule has 1 atom stereocenters. The number of carbonyl (C=O) groups is 2. The van der Waals surface area contributed by atoms with Crippen LogP contribution in [0.4, 0.5) is 0 Å². The molecule has 0 radical (unpaired) electrons. The molecule has 3 rings (SSSR count). The van der Waals surface area contributed by atoms with Gasteiger partial charge in [0.2, 0.25) is 0 Å². The van der Waals surface area contributed by atoms with E-state index in [9.17, 15) is 9.59 Å². The van der Waals surface area contributed by atoms with Crippen LogP contribution in [-0.2, 0) is 9.59 Å². The van der Waals surface area contributed by atoms with E-state index in [2.05, 4.69) is 5.32 Å². The molecule has 0 aromatic heterocycles. The molecule has 1 aliphatic heterocycles.